The van der Waals surface area contributed by atoms with E-state index in [2.05, 4.69) is 10.6 Å². The molecule has 2 aromatic carbocycles. The van der Waals surface area contributed by atoms with Crippen LogP contribution in [-0.2, 0) is 9.59 Å². The molecule has 5 nitrogen and oxygen atoms in total. The van der Waals surface area contributed by atoms with E-state index in [-0.39, 0.29) is 16.8 Å². The average molecular weight is 351 g/mol. The SMILES string of the molecule is CC(=O)Nc1ccc(NC(=O)[C@@H](C)Oc2ccc(F)c(Cl)c2)cc1. The molecule has 0 unspecified atom stereocenters. The van der Waals surface area contributed by atoms with E-state index >= 15 is 0 Å². The molecular formula is C17H16ClFN2O3. The Morgan fingerprint density at radius 1 is 1.08 bits per heavy atom. The number of amides is 2. The van der Waals surface area contributed by atoms with Gasteiger partial charge in [-0.15, -0.1) is 0 Å². The van der Waals surface area contributed by atoms with Crippen LogP contribution in [0.2, 0.25) is 5.02 Å². The van der Waals surface area contributed by atoms with Crippen LogP contribution in [0.5, 0.6) is 5.75 Å². The highest BCUT2D eigenvalue weighted by Crippen LogP contribution is 2.22. The first kappa shape index (κ1) is 17.7. The lowest BCUT2D eigenvalue weighted by Gasteiger charge is -2.15. The lowest BCUT2D eigenvalue weighted by Crippen LogP contribution is -2.30. The van der Waals surface area contributed by atoms with Gasteiger partial charge in [0.25, 0.3) is 5.91 Å². The number of anilines is 2. The fraction of sp³-hybridized carbons (Fsp3) is 0.176. The van der Waals surface area contributed by atoms with Crippen LogP contribution in [0, 0.1) is 5.82 Å². The first-order valence-electron chi connectivity index (χ1n) is 7.15. The molecule has 0 bridgehead atoms. The Bertz CT molecular complexity index is 750. The highest BCUT2D eigenvalue weighted by atomic mass is 35.5. The van der Waals surface area contributed by atoms with Gasteiger partial charge in [0.05, 0.1) is 5.02 Å². The van der Waals surface area contributed by atoms with Gasteiger partial charge < -0.3 is 15.4 Å². The first-order valence-corrected chi connectivity index (χ1v) is 7.53. The molecule has 0 radical (unpaired) electrons. The zero-order valence-electron chi connectivity index (χ0n) is 13.1. The molecule has 0 heterocycles. The Balaban J connectivity index is 1.95. The van der Waals surface area contributed by atoms with Gasteiger partial charge in [-0.25, -0.2) is 4.39 Å². The molecule has 2 aromatic rings. The molecule has 126 valence electrons. The Morgan fingerprint density at radius 2 is 1.67 bits per heavy atom. The number of benzene rings is 2. The van der Waals surface area contributed by atoms with Crippen LogP contribution in [0.15, 0.2) is 42.5 Å². The van der Waals surface area contributed by atoms with Crippen LogP contribution in [-0.4, -0.2) is 17.9 Å². The van der Waals surface area contributed by atoms with Crippen molar-refractivity contribution in [2.45, 2.75) is 20.0 Å². The summed E-state index contributed by atoms with van der Waals surface area (Å²) in [5.41, 5.74) is 1.19. The van der Waals surface area contributed by atoms with Crippen molar-refractivity contribution in [1.82, 2.24) is 0 Å². The van der Waals surface area contributed by atoms with Crippen LogP contribution >= 0.6 is 11.6 Å². The summed E-state index contributed by atoms with van der Waals surface area (Å²) in [4.78, 5) is 23.1. The van der Waals surface area contributed by atoms with Crippen LogP contribution in [0.1, 0.15) is 13.8 Å². The van der Waals surface area contributed by atoms with E-state index < -0.39 is 11.9 Å². The van der Waals surface area contributed by atoms with E-state index in [1.54, 1.807) is 31.2 Å². The Labute approximate surface area is 143 Å². The van der Waals surface area contributed by atoms with Crippen molar-refractivity contribution in [3.8, 4) is 5.75 Å². The molecular weight excluding hydrogens is 335 g/mol. The summed E-state index contributed by atoms with van der Waals surface area (Å²) in [5.74, 6) is -0.806. The summed E-state index contributed by atoms with van der Waals surface area (Å²) < 4.78 is 18.5. The van der Waals surface area contributed by atoms with Crippen LogP contribution in [0.25, 0.3) is 0 Å². The van der Waals surface area contributed by atoms with E-state index in [1.165, 1.54) is 25.1 Å². The number of hydrogen-bond acceptors (Lipinski definition) is 3. The summed E-state index contributed by atoms with van der Waals surface area (Å²) in [6.07, 6.45) is -0.804. The monoisotopic (exact) mass is 350 g/mol. The van der Waals surface area contributed by atoms with Crippen LogP contribution in [0.3, 0.4) is 0 Å². The molecule has 2 amide bonds. The number of halogens is 2. The van der Waals surface area contributed by atoms with Gasteiger partial charge in [0.15, 0.2) is 6.10 Å². The van der Waals surface area contributed by atoms with E-state index in [9.17, 15) is 14.0 Å². The predicted octanol–water partition coefficient (Wildman–Crippen LogP) is 3.84. The summed E-state index contributed by atoms with van der Waals surface area (Å²) in [6, 6.07) is 10.5. The average Bonchev–Trinajstić information content (AvgIpc) is 2.52. The maximum absolute atomic E-state index is 13.1. The summed E-state index contributed by atoms with van der Waals surface area (Å²) >= 11 is 5.67. The van der Waals surface area contributed by atoms with E-state index in [0.29, 0.717) is 17.1 Å². The molecule has 0 saturated heterocycles. The summed E-state index contributed by atoms with van der Waals surface area (Å²) in [5, 5.41) is 5.24. The van der Waals surface area contributed by atoms with Crippen molar-refractivity contribution >= 4 is 34.8 Å². The fourth-order valence-electron chi connectivity index (χ4n) is 1.89. The molecule has 0 aliphatic carbocycles. The number of ether oxygens (including phenoxy) is 1. The number of carbonyl (C=O) groups excluding carboxylic acids is 2. The molecule has 0 aliphatic rings. The largest absolute Gasteiger partial charge is 0.481 e. The van der Waals surface area contributed by atoms with Gasteiger partial charge in [-0.1, -0.05) is 11.6 Å². The molecule has 0 aromatic heterocycles. The minimum Gasteiger partial charge on any atom is -0.481 e. The molecule has 0 fully saturated rings. The van der Waals surface area contributed by atoms with Gasteiger partial charge in [0.1, 0.15) is 11.6 Å². The molecule has 2 N–H and O–H groups in total. The van der Waals surface area contributed by atoms with Gasteiger partial charge in [-0.3, -0.25) is 9.59 Å². The van der Waals surface area contributed by atoms with Crippen molar-refractivity contribution in [3.63, 3.8) is 0 Å². The first-order chi connectivity index (χ1) is 11.3. The minimum atomic E-state index is -0.804. The number of hydrogen-bond donors (Lipinski definition) is 2. The van der Waals surface area contributed by atoms with Crippen LogP contribution < -0.4 is 15.4 Å². The second kappa shape index (κ2) is 7.79. The third kappa shape index (κ3) is 4.96. The molecule has 24 heavy (non-hydrogen) atoms. The topological polar surface area (TPSA) is 67.4 Å². The van der Waals surface area contributed by atoms with E-state index in [1.807, 2.05) is 0 Å². The zero-order valence-corrected chi connectivity index (χ0v) is 13.9. The predicted molar refractivity (Wildman–Crippen MR) is 90.9 cm³/mol. The van der Waals surface area contributed by atoms with Gasteiger partial charge in [0, 0.05) is 24.4 Å². The molecule has 1 atom stereocenters. The molecule has 2 rings (SSSR count). The second-order valence-corrected chi connectivity index (χ2v) is 5.49. The fourth-order valence-corrected chi connectivity index (χ4v) is 2.06. The van der Waals surface area contributed by atoms with Crippen LogP contribution in [0.4, 0.5) is 15.8 Å². The third-order valence-electron chi connectivity index (χ3n) is 3.05. The highest BCUT2D eigenvalue weighted by Gasteiger charge is 2.15. The summed E-state index contributed by atoms with van der Waals surface area (Å²) in [6.45, 7) is 2.98. The second-order valence-electron chi connectivity index (χ2n) is 5.08. The number of carbonyl (C=O) groups is 2. The third-order valence-corrected chi connectivity index (χ3v) is 3.34. The molecule has 0 aliphatic heterocycles. The number of rotatable bonds is 5. The molecule has 7 heteroatoms. The lowest BCUT2D eigenvalue weighted by molar-refractivity contribution is -0.122. The van der Waals surface area contributed by atoms with Crippen molar-refractivity contribution in [3.05, 3.63) is 53.3 Å². The lowest BCUT2D eigenvalue weighted by atomic mass is 10.2. The smallest absolute Gasteiger partial charge is 0.265 e. The van der Waals surface area contributed by atoms with E-state index in [0.717, 1.165) is 0 Å². The minimum absolute atomic E-state index is 0.0753. The summed E-state index contributed by atoms with van der Waals surface area (Å²) in [7, 11) is 0. The maximum Gasteiger partial charge on any atom is 0.265 e. The van der Waals surface area contributed by atoms with Gasteiger partial charge in [-0.2, -0.15) is 0 Å². The van der Waals surface area contributed by atoms with Crippen molar-refractivity contribution in [2.75, 3.05) is 10.6 Å². The molecule has 0 saturated carbocycles. The Morgan fingerprint density at radius 3 is 2.21 bits per heavy atom. The maximum atomic E-state index is 13.1. The van der Waals surface area contributed by atoms with Crippen molar-refractivity contribution in [1.29, 1.82) is 0 Å². The Kier molecular flexibility index (Phi) is 5.76. The van der Waals surface area contributed by atoms with Gasteiger partial charge in [-0.05, 0) is 43.3 Å². The van der Waals surface area contributed by atoms with Gasteiger partial charge >= 0.3 is 0 Å². The standard InChI is InChI=1S/C17H16ClFN2O3/c1-10(24-14-7-8-16(19)15(18)9-14)17(23)21-13-5-3-12(4-6-13)20-11(2)22/h3-10H,1-2H3,(H,20,22)(H,21,23)/t10-/m1/s1. The van der Waals surface area contributed by atoms with Crippen molar-refractivity contribution in [2.24, 2.45) is 0 Å². The number of nitrogens with one attached hydrogen (secondary N) is 2. The van der Waals surface area contributed by atoms with Crippen molar-refractivity contribution < 1.29 is 18.7 Å². The Hall–Kier alpha value is -2.60. The van der Waals surface area contributed by atoms with E-state index in [4.69, 9.17) is 16.3 Å². The van der Waals surface area contributed by atoms with Gasteiger partial charge in [0.2, 0.25) is 5.91 Å². The molecule has 0 spiro atoms. The zero-order chi connectivity index (χ0) is 17.7. The highest BCUT2D eigenvalue weighted by molar-refractivity contribution is 6.30. The quantitative estimate of drug-likeness (QED) is 0.860. The normalized spacial score (nSPS) is 11.5.